The predicted octanol–water partition coefficient (Wildman–Crippen LogP) is 12.2. The summed E-state index contributed by atoms with van der Waals surface area (Å²) in [5.74, 6) is 0. The Morgan fingerprint density at radius 1 is 0.651 bits per heavy atom. The molecule has 0 amide bonds. The van der Waals surface area contributed by atoms with E-state index in [9.17, 15) is 5.11 Å². The van der Waals surface area contributed by atoms with E-state index in [4.69, 9.17) is 23.2 Å². The molecule has 1 N–H and O–H groups in total. The summed E-state index contributed by atoms with van der Waals surface area (Å²) in [5.41, 5.74) is 7.12. The van der Waals surface area contributed by atoms with Gasteiger partial charge in [0.1, 0.15) is 5.15 Å². The van der Waals surface area contributed by atoms with Crippen molar-refractivity contribution >= 4 is 68.9 Å². The van der Waals surface area contributed by atoms with Crippen LogP contribution in [-0.2, 0) is 10.6 Å². The number of rotatable bonds is 2. The van der Waals surface area contributed by atoms with Gasteiger partial charge in [0, 0.05) is 31.0 Å². The van der Waals surface area contributed by atoms with Gasteiger partial charge in [0.15, 0.2) is 5.15 Å². The predicted molar refractivity (Wildman–Crippen MR) is 267 cm³/mol. The molecular weight excluding hydrogens is 913 g/mol. The minimum absolute atomic E-state index is 0. The van der Waals surface area contributed by atoms with Gasteiger partial charge in [0.05, 0.1) is 16.7 Å². The van der Waals surface area contributed by atoms with Crippen LogP contribution in [0.1, 0.15) is 85.4 Å². The van der Waals surface area contributed by atoms with E-state index >= 15 is 0 Å². The third-order valence-corrected chi connectivity index (χ3v) is 16.5. The molecule has 1 aliphatic carbocycles. The summed E-state index contributed by atoms with van der Waals surface area (Å²) in [6.45, 7) is 19.9. The molecule has 8 aromatic rings. The summed E-state index contributed by atoms with van der Waals surface area (Å²) in [6.07, 6.45) is 1.30. The molecule has 0 spiro atoms. The number of fused-ring (bicyclic) bond motifs is 5. The van der Waals surface area contributed by atoms with Crippen molar-refractivity contribution in [1.29, 1.82) is 0 Å². The molecular formula is C53H57BrCl2N4NaOP. The molecule has 0 radical (unpaired) electrons. The maximum atomic E-state index is 10.1. The van der Waals surface area contributed by atoms with Crippen molar-refractivity contribution in [1.82, 2.24) is 20.0 Å². The van der Waals surface area contributed by atoms with Gasteiger partial charge in [0.2, 0.25) is 0 Å². The van der Waals surface area contributed by atoms with Crippen LogP contribution in [0.15, 0.2) is 168 Å². The van der Waals surface area contributed by atoms with Crippen LogP contribution in [0.4, 0.5) is 0 Å². The van der Waals surface area contributed by atoms with Gasteiger partial charge in [-0.05, 0) is 76.8 Å². The summed E-state index contributed by atoms with van der Waals surface area (Å²) in [6, 6.07) is 56.2. The first-order chi connectivity index (χ1) is 29.3. The van der Waals surface area contributed by atoms with Crippen LogP contribution in [0.25, 0.3) is 27.5 Å². The summed E-state index contributed by atoms with van der Waals surface area (Å²) in [4.78, 5) is 0. The van der Waals surface area contributed by atoms with Gasteiger partial charge in [-0.15, -0.1) is 5.60 Å². The van der Waals surface area contributed by atoms with Crippen LogP contribution in [0.2, 0.25) is 10.3 Å². The summed E-state index contributed by atoms with van der Waals surface area (Å²) < 4.78 is 2.99. The number of nitrogens with one attached hydrogen (secondary N) is 1. The van der Waals surface area contributed by atoms with Gasteiger partial charge in [-0.3, -0.25) is 5.10 Å². The van der Waals surface area contributed by atoms with E-state index in [2.05, 4.69) is 127 Å². The van der Waals surface area contributed by atoms with Crippen molar-refractivity contribution in [3.05, 3.63) is 195 Å². The number of nitrogens with zero attached hydrogens (tertiary/aromatic N) is 3. The van der Waals surface area contributed by atoms with Crippen molar-refractivity contribution in [3.8, 4) is 5.69 Å². The van der Waals surface area contributed by atoms with Crippen molar-refractivity contribution in [2.24, 2.45) is 0 Å². The standard InChI is InChI=1S/C23H29P.C13H9ClN2.C7H5ClN2.C6H5Br.C4H9O.Na/c1-20(2,3)24-21(4,5)18-14-10-11-15-19(18)23(16-22(23,24)6)17-12-8-7-9-13-17;14-13-11-8-4-5-9-12(11)16(15-13)10-6-2-1-3-7-10;8-7-5-3-1-2-4-6(5)9-10-7;7-6-4-2-1-3-5-6;1-4(2,3)5;/h7-15H,16H2,1-6H3;1-9H;1-4H,(H,9,10);1-5H;1-3H3;/q;;;;-1;+1. The number of hydrogen-bond acceptors (Lipinski definition) is 3. The van der Waals surface area contributed by atoms with Gasteiger partial charge < -0.3 is 5.11 Å². The minimum Gasteiger partial charge on any atom is -0.850 e. The van der Waals surface area contributed by atoms with E-state index in [1.54, 1.807) is 31.9 Å². The van der Waals surface area contributed by atoms with Crippen LogP contribution in [-0.4, -0.2) is 35.9 Å². The molecule has 3 atom stereocenters. The largest absolute Gasteiger partial charge is 1.00 e. The topological polar surface area (TPSA) is 69.6 Å². The Bertz CT molecular complexity index is 2690. The Balaban J connectivity index is 0.000000165. The fourth-order valence-electron chi connectivity index (χ4n) is 9.26. The maximum Gasteiger partial charge on any atom is 1.00 e. The zero-order valence-corrected chi connectivity index (χ0v) is 44.1. The zero-order chi connectivity index (χ0) is 44.9. The molecule has 6 aromatic carbocycles. The summed E-state index contributed by atoms with van der Waals surface area (Å²) in [5, 5.41) is 25.2. The number of benzene rings is 6. The van der Waals surface area contributed by atoms with Crippen molar-refractivity contribution in [2.45, 2.75) is 95.2 Å². The molecule has 1 saturated carbocycles. The first-order valence-corrected chi connectivity index (χ1v) is 23.8. The van der Waals surface area contributed by atoms with Crippen molar-refractivity contribution < 1.29 is 34.7 Å². The minimum atomic E-state index is -0.750. The average molecular weight is 971 g/mol. The molecule has 63 heavy (non-hydrogen) atoms. The van der Waals surface area contributed by atoms with Crippen molar-refractivity contribution in [2.75, 3.05) is 0 Å². The molecule has 3 heterocycles. The zero-order valence-electron chi connectivity index (χ0n) is 38.1. The molecule has 1 aliphatic heterocycles. The Hall–Kier alpha value is -3.29. The smallest absolute Gasteiger partial charge is 0.850 e. The Kier molecular flexibility index (Phi) is 16.8. The molecule has 0 saturated heterocycles. The van der Waals surface area contributed by atoms with E-state index in [1.165, 1.54) is 12.0 Å². The van der Waals surface area contributed by atoms with Gasteiger partial charge in [-0.1, -0.05) is 225 Å². The molecule has 1 fully saturated rings. The van der Waals surface area contributed by atoms with Gasteiger partial charge >= 0.3 is 29.6 Å². The van der Waals surface area contributed by atoms with Crippen LogP contribution in [0, 0.1) is 0 Å². The molecule has 10 heteroatoms. The third kappa shape index (κ3) is 11.6. The Morgan fingerprint density at radius 3 is 1.67 bits per heavy atom. The Morgan fingerprint density at radius 2 is 1.13 bits per heavy atom. The summed E-state index contributed by atoms with van der Waals surface area (Å²) in [7, 11) is -0.184. The monoisotopic (exact) mass is 968 g/mol. The van der Waals surface area contributed by atoms with Gasteiger partial charge in [-0.25, -0.2) is 4.68 Å². The van der Waals surface area contributed by atoms with E-state index in [0.717, 1.165) is 32.0 Å². The van der Waals surface area contributed by atoms with E-state index in [0.29, 0.717) is 20.6 Å². The van der Waals surface area contributed by atoms with Crippen LogP contribution >= 0.6 is 47.1 Å². The fourth-order valence-corrected chi connectivity index (χ4v) is 15.9. The second kappa shape index (κ2) is 20.9. The SMILES string of the molecule is Brc1ccccc1.CC(C)(C)P1C(C)(C)c2ccccc2C2(c3ccccc3)CC12C.CC(C)(C)[O-].Clc1[nH]nc2ccccc12.Clc1nn(-c2ccccc2)c2ccccc12.[Na+]. The second-order valence-electron chi connectivity index (χ2n) is 18.4. The van der Waals surface area contributed by atoms with Crippen LogP contribution in [0.3, 0.4) is 0 Å². The van der Waals surface area contributed by atoms with Gasteiger partial charge in [0.25, 0.3) is 0 Å². The first-order valence-electron chi connectivity index (χ1n) is 20.9. The molecule has 322 valence electrons. The second-order valence-corrected chi connectivity index (χ2v) is 24.1. The molecule has 10 rings (SSSR count). The van der Waals surface area contributed by atoms with E-state index < -0.39 is 5.60 Å². The van der Waals surface area contributed by atoms with Gasteiger partial charge in [-0.2, -0.15) is 10.2 Å². The number of para-hydroxylation sites is 3. The molecule has 2 aromatic heterocycles. The molecule has 3 unspecified atom stereocenters. The maximum absolute atomic E-state index is 10.1. The average Bonchev–Trinajstić information content (AvgIpc) is 3.50. The molecule has 5 nitrogen and oxygen atoms in total. The third-order valence-electron chi connectivity index (χ3n) is 11.1. The van der Waals surface area contributed by atoms with Crippen LogP contribution in [0.5, 0.6) is 0 Å². The quantitative estimate of drug-likeness (QED) is 0.139. The number of halogens is 3. The first kappa shape index (κ1) is 50.7. The Labute approximate surface area is 416 Å². The number of hydrogen-bond donors (Lipinski definition) is 1. The van der Waals surface area contributed by atoms with Crippen LogP contribution < -0.4 is 34.7 Å². The summed E-state index contributed by atoms with van der Waals surface area (Å²) >= 11 is 15.2. The molecule has 2 aliphatic rings. The fraction of sp³-hybridized carbons (Fsp3) is 0.283. The number of H-pyrrole nitrogens is 1. The molecule has 0 bridgehead atoms. The van der Waals surface area contributed by atoms with Crippen molar-refractivity contribution in [3.63, 3.8) is 0 Å². The normalized spacial score (nSPS) is 19.1. The van der Waals surface area contributed by atoms with E-state index in [-0.39, 0.29) is 48.0 Å². The number of aromatic amines is 1. The number of aromatic nitrogens is 4. The van der Waals surface area contributed by atoms with E-state index in [1.807, 2.05) is 114 Å².